The van der Waals surface area contributed by atoms with Gasteiger partial charge in [0, 0.05) is 5.69 Å². The highest BCUT2D eigenvalue weighted by Crippen LogP contribution is 2.27. The number of benzene rings is 1. The lowest BCUT2D eigenvalue weighted by Gasteiger charge is -2.05. The fraction of sp³-hybridized carbons (Fsp3) is 0.231. The van der Waals surface area contributed by atoms with E-state index in [0.29, 0.717) is 22.1 Å². The van der Waals surface area contributed by atoms with Gasteiger partial charge in [0.15, 0.2) is 5.13 Å². The van der Waals surface area contributed by atoms with Crippen molar-refractivity contribution in [2.24, 2.45) is 0 Å². The van der Waals surface area contributed by atoms with E-state index in [-0.39, 0.29) is 0 Å². The number of hydrogen-bond donors (Lipinski definition) is 2. The molecule has 1 aromatic heterocycles. The summed E-state index contributed by atoms with van der Waals surface area (Å²) in [5, 5.41) is 12.9. The van der Waals surface area contributed by atoms with Crippen molar-refractivity contribution >= 4 is 28.1 Å². The summed E-state index contributed by atoms with van der Waals surface area (Å²) in [6.45, 7) is 3.90. The minimum atomic E-state index is -0.915. The third-order valence-corrected chi connectivity index (χ3v) is 3.61. The minimum Gasteiger partial charge on any atom is -0.477 e. The van der Waals surface area contributed by atoms with Crippen LogP contribution in [0, 0.1) is 6.92 Å². The maximum absolute atomic E-state index is 11.1. The van der Waals surface area contributed by atoms with Crippen LogP contribution in [0.25, 0.3) is 0 Å². The van der Waals surface area contributed by atoms with Crippen LogP contribution < -0.4 is 5.32 Å². The Morgan fingerprint density at radius 2 is 2.17 bits per heavy atom. The third kappa shape index (κ3) is 2.51. The van der Waals surface area contributed by atoms with Crippen LogP contribution in [0.2, 0.25) is 0 Å². The van der Waals surface area contributed by atoms with E-state index < -0.39 is 5.97 Å². The number of aromatic nitrogens is 1. The van der Waals surface area contributed by atoms with Crippen LogP contribution in [0.5, 0.6) is 0 Å². The molecule has 0 aliphatic rings. The number of rotatable bonds is 4. The molecule has 94 valence electrons. The summed E-state index contributed by atoms with van der Waals surface area (Å²) in [5.74, 6) is -0.915. The highest BCUT2D eigenvalue weighted by Gasteiger charge is 2.16. The van der Waals surface area contributed by atoms with Crippen LogP contribution in [0.3, 0.4) is 0 Å². The van der Waals surface area contributed by atoms with Gasteiger partial charge in [0.05, 0.1) is 5.69 Å². The van der Waals surface area contributed by atoms with E-state index in [2.05, 4.69) is 10.3 Å². The molecule has 2 aromatic rings. The van der Waals surface area contributed by atoms with E-state index in [9.17, 15) is 4.79 Å². The van der Waals surface area contributed by atoms with Crippen molar-refractivity contribution in [1.29, 1.82) is 0 Å². The fourth-order valence-corrected chi connectivity index (χ4v) is 2.55. The molecule has 0 aliphatic carbocycles. The van der Waals surface area contributed by atoms with E-state index in [1.54, 1.807) is 0 Å². The molecule has 1 aromatic carbocycles. The first kappa shape index (κ1) is 12.6. The summed E-state index contributed by atoms with van der Waals surface area (Å²) >= 11 is 1.17. The number of thiazole rings is 1. The van der Waals surface area contributed by atoms with Crippen molar-refractivity contribution in [2.75, 3.05) is 5.32 Å². The summed E-state index contributed by atoms with van der Waals surface area (Å²) in [7, 11) is 0. The van der Waals surface area contributed by atoms with Crippen molar-refractivity contribution in [2.45, 2.75) is 20.3 Å². The predicted molar refractivity (Wildman–Crippen MR) is 72.9 cm³/mol. The van der Waals surface area contributed by atoms with Gasteiger partial charge >= 0.3 is 5.97 Å². The molecule has 18 heavy (non-hydrogen) atoms. The Morgan fingerprint density at radius 3 is 2.72 bits per heavy atom. The Hall–Kier alpha value is -1.88. The molecule has 0 radical (unpaired) electrons. The number of nitrogens with zero attached hydrogens (tertiary/aromatic N) is 1. The minimum absolute atomic E-state index is 0.314. The van der Waals surface area contributed by atoms with E-state index in [0.717, 1.165) is 11.3 Å². The molecule has 4 nitrogen and oxygen atoms in total. The van der Waals surface area contributed by atoms with E-state index >= 15 is 0 Å². The van der Waals surface area contributed by atoms with Gasteiger partial charge in [-0.25, -0.2) is 9.78 Å². The molecular formula is C13H14N2O2S. The normalized spacial score (nSPS) is 10.3. The lowest BCUT2D eigenvalue weighted by Crippen LogP contribution is -1.97. The molecule has 0 bridgehead atoms. The number of hydrogen-bond acceptors (Lipinski definition) is 4. The smallest absolute Gasteiger partial charge is 0.347 e. The molecule has 2 N–H and O–H groups in total. The van der Waals surface area contributed by atoms with Crippen LogP contribution in [0.15, 0.2) is 24.3 Å². The molecule has 5 heteroatoms. The lowest BCUT2D eigenvalue weighted by molar-refractivity contribution is 0.0701. The Kier molecular flexibility index (Phi) is 3.62. The zero-order chi connectivity index (χ0) is 13.1. The van der Waals surface area contributed by atoms with Crippen molar-refractivity contribution in [3.05, 3.63) is 40.4 Å². The highest BCUT2D eigenvalue weighted by atomic mass is 32.1. The monoisotopic (exact) mass is 262 g/mol. The van der Waals surface area contributed by atoms with Gasteiger partial charge in [0.1, 0.15) is 4.88 Å². The van der Waals surface area contributed by atoms with Crippen LogP contribution >= 0.6 is 11.3 Å². The molecular weight excluding hydrogens is 248 g/mol. The maximum atomic E-state index is 11.1. The van der Waals surface area contributed by atoms with Gasteiger partial charge in [-0.05, 0) is 25.0 Å². The second kappa shape index (κ2) is 5.18. The topological polar surface area (TPSA) is 62.2 Å². The predicted octanol–water partition coefficient (Wildman–Crippen LogP) is 3.46. The number of aromatic carboxylic acids is 1. The summed E-state index contributed by atoms with van der Waals surface area (Å²) in [4.78, 5) is 15.7. The number of carboxylic acids is 1. The van der Waals surface area contributed by atoms with Gasteiger partial charge in [-0.2, -0.15) is 0 Å². The highest BCUT2D eigenvalue weighted by molar-refractivity contribution is 7.17. The van der Waals surface area contributed by atoms with Crippen molar-refractivity contribution < 1.29 is 9.90 Å². The van der Waals surface area contributed by atoms with Gasteiger partial charge in [-0.15, -0.1) is 0 Å². The molecule has 1 heterocycles. The SMILES string of the molecule is CCc1nc(Nc2ccccc2C)sc1C(=O)O. The second-order valence-corrected chi connectivity index (χ2v) is 4.89. The standard InChI is InChI=1S/C13H14N2O2S/c1-3-9-11(12(16)17)18-13(14-9)15-10-7-5-4-6-8(10)2/h4-7H,3H2,1-2H3,(H,14,15)(H,16,17). The van der Waals surface area contributed by atoms with Gasteiger partial charge in [-0.3, -0.25) is 0 Å². The number of carbonyl (C=O) groups is 1. The number of aryl methyl sites for hydroxylation is 2. The quantitative estimate of drug-likeness (QED) is 0.885. The molecule has 0 fully saturated rings. The first-order valence-corrected chi connectivity index (χ1v) is 6.49. The Morgan fingerprint density at radius 1 is 1.44 bits per heavy atom. The van der Waals surface area contributed by atoms with E-state index in [1.807, 2.05) is 38.1 Å². The van der Waals surface area contributed by atoms with Gasteiger partial charge in [-0.1, -0.05) is 36.5 Å². The van der Waals surface area contributed by atoms with Crippen LogP contribution in [0.1, 0.15) is 27.9 Å². The molecule has 2 rings (SSSR count). The van der Waals surface area contributed by atoms with Crippen LogP contribution in [0.4, 0.5) is 10.8 Å². The van der Waals surface area contributed by atoms with E-state index in [1.165, 1.54) is 11.3 Å². The Labute approximate surface area is 109 Å². The summed E-state index contributed by atoms with van der Waals surface area (Å²) in [6, 6.07) is 7.84. The van der Waals surface area contributed by atoms with Gasteiger partial charge < -0.3 is 10.4 Å². The number of para-hydroxylation sites is 1. The largest absolute Gasteiger partial charge is 0.477 e. The van der Waals surface area contributed by atoms with Gasteiger partial charge in [0.2, 0.25) is 0 Å². The van der Waals surface area contributed by atoms with Crippen molar-refractivity contribution in [1.82, 2.24) is 4.98 Å². The van der Waals surface area contributed by atoms with Crippen LogP contribution in [-0.2, 0) is 6.42 Å². The zero-order valence-electron chi connectivity index (χ0n) is 10.2. The summed E-state index contributed by atoms with van der Waals surface area (Å²) in [6.07, 6.45) is 0.619. The Balaban J connectivity index is 2.30. The first-order chi connectivity index (χ1) is 8.61. The molecule has 0 spiro atoms. The third-order valence-electron chi connectivity index (χ3n) is 2.61. The zero-order valence-corrected chi connectivity index (χ0v) is 11.0. The molecule has 0 atom stereocenters. The first-order valence-electron chi connectivity index (χ1n) is 5.67. The van der Waals surface area contributed by atoms with Crippen molar-refractivity contribution in [3.63, 3.8) is 0 Å². The molecule has 0 aliphatic heterocycles. The molecule has 0 unspecified atom stereocenters. The fourth-order valence-electron chi connectivity index (χ4n) is 1.64. The summed E-state index contributed by atoms with van der Waals surface area (Å²) < 4.78 is 0. The number of nitrogens with one attached hydrogen (secondary N) is 1. The Bertz CT molecular complexity index is 578. The average Bonchev–Trinajstić information content (AvgIpc) is 2.75. The van der Waals surface area contributed by atoms with Crippen LogP contribution in [-0.4, -0.2) is 16.1 Å². The summed E-state index contributed by atoms with van der Waals surface area (Å²) in [5.41, 5.74) is 2.68. The van der Waals surface area contributed by atoms with Crippen molar-refractivity contribution in [3.8, 4) is 0 Å². The number of anilines is 2. The average molecular weight is 262 g/mol. The maximum Gasteiger partial charge on any atom is 0.347 e. The second-order valence-electron chi connectivity index (χ2n) is 3.89. The van der Waals surface area contributed by atoms with Gasteiger partial charge in [0.25, 0.3) is 0 Å². The number of carboxylic acid groups (broad SMARTS) is 1. The molecule has 0 amide bonds. The molecule has 0 saturated heterocycles. The lowest BCUT2D eigenvalue weighted by atomic mass is 10.2. The van der Waals surface area contributed by atoms with E-state index in [4.69, 9.17) is 5.11 Å². The molecule has 0 saturated carbocycles.